The van der Waals surface area contributed by atoms with Crippen LogP contribution in [0.25, 0.3) is 0 Å². The number of nitrogens with zero attached hydrogens (tertiary/aromatic N) is 1. The third kappa shape index (κ3) is 4.79. The lowest BCUT2D eigenvalue weighted by Gasteiger charge is -2.31. The molecule has 0 saturated carbocycles. The molecule has 2 aromatic rings. The predicted molar refractivity (Wildman–Crippen MR) is 110 cm³/mol. The summed E-state index contributed by atoms with van der Waals surface area (Å²) in [5.74, 6) is -0.404. The van der Waals surface area contributed by atoms with Crippen molar-refractivity contribution in [2.75, 3.05) is 19.7 Å². The van der Waals surface area contributed by atoms with Crippen LogP contribution < -0.4 is 10.6 Å². The van der Waals surface area contributed by atoms with Crippen LogP contribution in [-0.4, -0.2) is 36.6 Å². The fourth-order valence-corrected chi connectivity index (χ4v) is 3.99. The van der Waals surface area contributed by atoms with E-state index in [0.29, 0.717) is 17.8 Å². The van der Waals surface area contributed by atoms with Gasteiger partial charge in [-0.25, -0.2) is 9.59 Å². The first-order valence-electron chi connectivity index (χ1n) is 9.39. The molecule has 0 bridgehead atoms. The smallest absolute Gasteiger partial charge is 0.338 e. The molecule has 0 radical (unpaired) electrons. The van der Waals surface area contributed by atoms with Gasteiger partial charge in [-0.15, -0.1) is 11.3 Å². The van der Waals surface area contributed by atoms with Gasteiger partial charge in [-0.3, -0.25) is 4.90 Å². The summed E-state index contributed by atoms with van der Waals surface area (Å²) in [5.41, 5.74) is 2.24. The Morgan fingerprint density at radius 1 is 1.14 bits per heavy atom. The van der Waals surface area contributed by atoms with E-state index < -0.39 is 12.0 Å². The molecule has 0 unspecified atom stereocenters. The van der Waals surface area contributed by atoms with E-state index in [-0.39, 0.29) is 12.6 Å². The second-order valence-corrected chi connectivity index (χ2v) is 7.43. The molecule has 2 amide bonds. The van der Waals surface area contributed by atoms with E-state index in [1.165, 1.54) is 16.9 Å². The van der Waals surface area contributed by atoms with Gasteiger partial charge in [0.25, 0.3) is 0 Å². The van der Waals surface area contributed by atoms with Crippen LogP contribution in [0, 0.1) is 0 Å². The third-order valence-electron chi connectivity index (χ3n) is 4.55. The number of amides is 2. The second kappa shape index (κ2) is 9.52. The van der Waals surface area contributed by atoms with Gasteiger partial charge in [0.2, 0.25) is 0 Å². The van der Waals surface area contributed by atoms with Crippen molar-refractivity contribution in [2.45, 2.75) is 26.4 Å². The Labute approximate surface area is 169 Å². The molecule has 1 aromatic carbocycles. The van der Waals surface area contributed by atoms with Gasteiger partial charge in [-0.1, -0.05) is 43.3 Å². The maximum absolute atomic E-state index is 12.8. The summed E-state index contributed by atoms with van der Waals surface area (Å²) < 4.78 is 5.31. The number of urea groups is 1. The van der Waals surface area contributed by atoms with Crippen molar-refractivity contribution in [2.24, 2.45) is 0 Å². The normalized spacial score (nSPS) is 16.7. The first-order chi connectivity index (χ1) is 13.6. The number of esters is 1. The Hall–Kier alpha value is -2.64. The molecule has 2 N–H and O–H groups in total. The second-order valence-electron chi connectivity index (χ2n) is 6.45. The van der Waals surface area contributed by atoms with Crippen LogP contribution in [0.1, 0.15) is 30.3 Å². The van der Waals surface area contributed by atoms with E-state index in [1.807, 2.05) is 35.7 Å². The third-order valence-corrected chi connectivity index (χ3v) is 5.49. The number of hydrogen-bond donors (Lipinski definition) is 2. The fourth-order valence-electron chi connectivity index (χ4n) is 3.21. The van der Waals surface area contributed by atoms with E-state index in [4.69, 9.17) is 4.74 Å². The summed E-state index contributed by atoms with van der Waals surface area (Å²) in [6.45, 7) is 6.08. The van der Waals surface area contributed by atoms with E-state index in [1.54, 1.807) is 6.92 Å². The van der Waals surface area contributed by atoms with Gasteiger partial charge in [0.15, 0.2) is 0 Å². The minimum atomic E-state index is -0.502. The Bertz CT molecular complexity index is 834. The molecule has 28 heavy (non-hydrogen) atoms. The SMILES string of the molecule is CCOC(=O)C1=C(CN(CC)Cc2ccccc2)NC(=O)N[C@H]1c1cccs1. The molecule has 148 valence electrons. The molecule has 1 aromatic heterocycles. The number of rotatable bonds is 8. The number of benzene rings is 1. The Balaban J connectivity index is 1.92. The zero-order valence-electron chi connectivity index (χ0n) is 16.1. The highest BCUT2D eigenvalue weighted by Crippen LogP contribution is 2.31. The zero-order valence-corrected chi connectivity index (χ0v) is 16.9. The molecule has 0 spiro atoms. The summed E-state index contributed by atoms with van der Waals surface area (Å²) in [5, 5.41) is 7.63. The molecular weight excluding hydrogens is 374 g/mol. The standard InChI is InChI=1S/C21H25N3O3S/c1-3-24(13-15-9-6-5-7-10-15)14-16-18(20(25)27-4-2)19(23-21(26)22-16)17-11-8-12-28-17/h5-12,19H,3-4,13-14H2,1-2H3,(H2,22,23,26)/t19-/m0/s1. The van der Waals surface area contributed by atoms with E-state index in [0.717, 1.165) is 18.0 Å². The van der Waals surface area contributed by atoms with E-state index >= 15 is 0 Å². The van der Waals surface area contributed by atoms with Crippen LogP contribution in [0.3, 0.4) is 0 Å². The average Bonchev–Trinajstić information content (AvgIpc) is 3.22. The van der Waals surface area contributed by atoms with Crippen molar-refractivity contribution >= 4 is 23.3 Å². The maximum atomic E-state index is 12.8. The largest absolute Gasteiger partial charge is 0.463 e. The van der Waals surface area contributed by atoms with Gasteiger partial charge >= 0.3 is 12.0 Å². The molecule has 6 nitrogen and oxygen atoms in total. The minimum Gasteiger partial charge on any atom is -0.463 e. The Morgan fingerprint density at radius 2 is 1.93 bits per heavy atom. The topological polar surface area (TPSA) is 70.7 Å². The van der Waals surface area contributed by atoms with Crippen molar-refractivity contribution in [1.82, 2.24) is 15.5 Å². The molecule has 0 saturated heterocycles. The lowest BCUT2D eigenvalue weighted by atomic mass is 10.0. The van der Waals surface area contributed by atoms with Gasteiger partial charge in [0.1, 0.15) is 0 Å². The van der Waals surface area contributed by atoms with Gasteiger partial charge in [-0.05, 0) is 30.5 Å². The van der Waals surface area contributed by atoms with Crippen molar-refractivity contribution < 1.29 is 14.3 Å². The summed E-state index contributed by atoms with van der Waals surface area (Å²) in [6.07, 6.45) is 0. The first kappa shape index (κ1) is 20.1. The van der Waals surface area contributed by atoms with Gasteiger partial charge in [0.05, 0.1) is 18.2 Å². The summed E-state index contributed by atoms with van der Waals surface area (Å²) in [4.78, 5) is 28.2. The van der Waals surface area contributed by atoms with Crippen molar-refractivity contribution in [1.29, 1.82) is 0 Å². The fraction of sp³-hybridized carbons (Fsp3) is 0.333. The lowest BCUT2D eigenvalue weighted by molar-refractivity contribution is -0.139. The van der Waals surface area contributed by atoms with Crippen molar-refractivity contribution in [3.63, 3.8) is 0 Å². The molecule has 1 atom stereocenters. The van der Waals surface area contributed by atoms with Crippen molar-refractivity contribution in [3.05, 3.63) is 69.6 Å². The molecule has 7 heteroatoms. The molecule has 0 fully saturated rings. The van der Waals surface area contributed by atoms with Gasteiger partial charge in [-0.2, -0.15) is 0 Å². The molecule has 2 heterocycles. The number of thiophene rings is 1. The number of hydrogen-bond acceptors (Lipinski definition) is 5. The summed E-state index contributed by atoms with van der Waals surface area (Å²) in [7, 11) is 0. The van der Waals surface area contributed by atoms with Gasteiger partial charge in [0, 0.05) is 23.7 Å². The zero-order chi connectivity index (χ0) is 19.9. The van der Waals surface area contributed by atoms with E-state index in [9.17, 15) is 9.59 Å². The van der Waals surface area contributed by atoms with Crippen LogP contribution >= 0.6 is 11.3 Å². The van der Waals surface area contributed by atoms with Crippen LogP contribution in [-0.2, 0) is 16.1 Å². The van der Waals surface area contributed by atoms with Crippen LogP contribution in [0.5, 0.6) is 0 Å². The number of likely N-dealkylation sites (N-methyl/N-ethyl adjacent to an activating group) is 1. The van der Waals surface area contributed by atoms with Crippen LogP contribution in [0.4, 0.5) is 4.79 Å². The molecule has 1 aliphatic rings. The monoisotopic (exact) mass is 399 g/mol. The first-order valence-corrected chi connectivity index (χ1v) is 10.3. The predicted octanol–water partition coefficient (Wildman–Crippen LogP) is 3.44. The number of carbonyl (C=O) groups excluding carboxylic acids is 2. The Morgan fingerprint density at radius 3 is 2.57 bits per heavy atom. The molecule has 1 aliphatic heterocycles. The van der Waals surface area contributed by atoms with Crippen LogP contribution in [0.15, 0.2) is 59.1 Å². The molecule has 0 aliphatic carbocycles. The summed E-state index contributed by atoms with van der Waals surface area (Å²) >= 11 is 1.50. The van der Waals surface area contributed by atoms with Gasteiger partial charge < -0.3 is 15.4 Å². The summed E-state index contributed by atoms with van der Waals surface area (Å²) in [6, 6.07) is 13.1. The lowest BCUT2D eigenvalue weighted by Crippen LogP contribution is -2.48. The number of carbonyl (C=O) groups is 2. The van der Waals surface area contributed by atoms with Crippen molar-refractivity contribution in [3.8, 4) is 0 Å². The number of nitrogens with one attached hydrogen (secondary N) is 2. The highest BCUT2D eigenvalue weighted by Gasteiger charge is 2.34. The highest BCUT2D eigenvalue weighted by molar-refractivity contribution is 7.10. The highest BCUT2D eigenvalue weighted by atomic mass is 32.1. The minimum absolute atomic E-state index is 0.280. The van der Waals surface area contributed by atoms with Crippen LogP contribution in [0.2, 0.25) is 0 Å². The molecule has 3 rings (SSSR count). The van der Waals surface area contributed by atoms with E-state index in [2.05, 4.69) is 34.6 Å². The Kier molecular flexibility index (Phi) is 6.84. The number of ether oxygens (including phenoxy) is 1. The quantitative estimate of drug-likeness (QED) is 0.667. The average molecular weight is 400 g/mol. The maximum Gasteiger partial charge on any atom is 0.338 e. The molecular formula is C21H25N3O3S.